The van der Waals surface area contributed by atoms with Crippen LogP contribution in [-0.4, -0.2) is 39.5 Å². The minimum atomic E-state index is -0.238. The number of ketones is 1. The molecule has 3 saturated carbocycles. The van der Waals surface area contributed by atoms with Crippen molar-refractivity contribution in [3.63, 3.8) is 0 Å². The molecular weight excluding hydrogens is 907 g/mol. The van der Waals surface area contributed by atoms with Crippen LogP contribution in [0.25, 0.3) is 0 Å². The minimum absolute atomic E-state index is 0.0368. The Kier molecular flexibility index (Phi) is 19.2. The smallest absolute Gasteiger partial charge is 0.338 e. The molecule has 1 unspecified atom stereocenters. The van der Waals surface area contributed by atoms with Crippen molar-refractivity contribution in [2.24, 2.45) is 56.6 Å². The lowest BCUT2D eigenvalue weighted by atomic mass is 9.47. The van der Waals surface area contributed by atoms with E-state index >= 15 is 0 Å². The van der Waals surface area contributed by atoms with Gasteiger partial charge in [-0.25, -0.2) is 4.79 Å². The van der Waals surface area contributed by atoms with E-state index in [-0.39, 0.29) is 23.3 Å². The Balaban J connectivity index is 0.648. The fourth-order valence-corrected chi connectivity index (χ4v) is 13.8. The minimum Gasteiger partial charge on any atom is -0.494 e. The van der Waals surface area contributed by atoms with Crippen molar-refractivity contribution in [3.8, 4) is 11.5 Å². The van der Waals surface area contributed by atoms with Gasteiger partial charge in [-0.05, 0) is 184 Å². The van der Waals surface area contributed by atoms with Crippen molar-refractivity contribution in [2.45, 2.75) is 196 Å². The van der Waals surface area contributed by atoms with Crippen molar-refractivity contribution >= 4 is 23.1 Å². The Labute approximate surface area is 437 Å². The van der Waals surface area contributed by atoms with Gasteiger partial charge in [0.2, 0.25) is 0 Å². The molecule has 10 nitrogen and oxygen atoms in total. The summed E-state index contributed by atoms with van der Waals surface area (Å²) in [5, 5.41) is 17.2. The number of rotatable bonds is 27. The quantitative estimate of drug-likeness (QED) is 0.0192. The van der Waals surface area contributed by atoms with Crippen molar-refractivity contribution in [1.82, 2.24) is 15.0 Å². The highest BCUT2D eigenvalue weighted by atomic mass is 16.5. The van der Waals surface area contributed by atoms with Crippen LogP contribution in [0, 0.1) is 46.3 Å². The first-order valence-electron chi connectivity index (χ1n) is 28.7. The van der Waals surface area contributed by atoms with Crippen molar-refractivity contribution in [1.29, 1.82) is 0 Å². The third kappa shape index (κ3) is 14.4. The summed E-state index contributed by atoms with van der Waals surface area (Å²) < 4.78 is 20.1. The number of carbonyl (C=O) groups excluding carboxylic acids is 2. The number of esters is 1. The zero-order chi connectivity index (χ0) is 51.2. The number of unbranched alkanes of at least 4 members (excludes halogenated alkanes) is 9. The number of allylic oxidation sites excluding steroid dienone is 1. The van der Waals surface area contributed by atoms with Gasteiger partial charge in [-0.3, -0.25) is 9.48 Å². The van der Waals surface area contributed by atoms with Crippen LogP contribution in [-0.2, 0) is 17.9 Å². The maximum Gasteiger partial charge on any atom is 0.338 e. The number of benzene rings is 3. The van der Waals surface area contributed by atoms with Crippen molar-refractivity contribution in [3.05, 3.63) is 107 Å². The van der Waals surface area contributed by atoms with Crippen LogP contribution in [0.2, 0.25) is 0 Å². The van der Waals surface area contributed by atoms with Gasteiger partial charge in [0.05, 0.1) is 29.7 Å². The van der Waals surface area contributed by atoms with E-state index in [1.54, 1.807) is 36.8 Å². The van der Waals surface area contributed by atoms with E-state index in [9.17, 15) is 9.59 Å². The molecule has 0 radical (unpaired) electrons. The largest absolute Gasteiger partial charge is 0.494 e. The Morgan fingerprint density at radius 1 is 0.699 bits per heavy atom. The van der Waals surface area contributed by atoms with Crippen LogP contribution in [0.1, 0.15) is 203 Å². The molecule has 1 heterocycles. The maximum atomic E-state index is 13.4. The molecule has 0 bridgehead atoms. The van der Waals surface area contributed by atoms with E-state index < -0.39 is 0 Å². The number of hydrogen-bond acceptors (Lipinski definition) is 9. The van der Waals surface area contributed by atoms with Gasteiger partial charge >= 0.3 is 5.97 Å². The third-order valence-electron chi connectivity index (χ3n) is 18.0. The second-order valence-corrected chi connectivity index (χ2v) is 23.5. The number of fused-ring (bicyclic) bond motifs is 5. The van der Waals surface area contributed by atoms with Crippen molar-refractivity contribution in [2.75, 3.05) is 6.61 Å². The fraction of sp³-hybridized carbons (Fsp3) is 0.619. The number of aryl methyl sites for hydroxylation is 1. The normalized spacial score (nSPS) is 24.9. The number of Topliss-reactive ketones (excluding diaryl/α,β-unsaturated/α-hetero) is 1. The molecule has 0 saturated heterocycles. The SMILES string of the molecule is CC(=O)c1ccc(N=Nc2ccc(OCCCCCCCCCCCCn3cc(COc4ccc(C(=O)OC5CC[C@@]6(C)C(=CC[C@H]7[C@@H]8CC[C@H]([C@H](C)CCCC(C)C)[C@@]8(C)CC[C@@H]76)C5)cc4)nn3)cc2)cc1. The maximum absolute atomic E-state index is 13.4. The first-order chi connectivity index (χ1) is 35.4. The molecule has 394 valence electrons. The predicted molar refractivity (Wildman–Crippen MR) is 292 cm³/mol. The highest BCUT2D eigenvalue weighted by Gasteiger charge is 2.59. The Bertz CT molecular complexity index is 2430. The van der Waals surface area contributed by atoms with Gasteiger partial charge in [0.15, 0.2) is 5.78 Å². The molecule has 0 N–H and O–H groups in total. The number of nitrogens with zero attached hydrogens (tertiary/aromatic N) is 5. The van der Waals surface area contributed by atoms with E-state index in [0.29, 0.717) is 34.6 Å². The average molecular weight is 994 g/mol. The van der Waals surface area contributed by atoms with Gasteiger partial charge in [0, 0.05) is 18.5 Å². The second kappa shape index (κ2) is 25.9. The van der Waals surface area contributed by atoms with Crippen LogP contribution in [0.15, 0.2) is 101 Å². The summed E-state index contributed by atoms with van der Waals surface area (Å²) in [4.78, 5) is 24.9. The van der Waals surface area contributed by atoms with Gasteiger partial charge in [-0.2, -0.15) is 10.2 Å². The Hall–Kier alpha value is -5.12. The summed E-state index contributed by atoms with van der Waals surface area (Å²) in [5.74, 6) is 6.30. The molecule has 4 aromatic rings. The molecule has 0 amide bonds. The summed E-state index contributed by atoms with van der Waals surface area (Å²) in [7, 11) is 0. The molecule has 3 fully saturated rings. The lowest BCUT2D eigenvalue weighted by molar-refractivity contribution is -0.0594. The van der Waals surface area contributed by atoms with E-state index in [2.05, 4.69) is 61.2 Å². The molecule has 8 atom stereocenters. The van der Waals surface area contributed by atoms with Crippen LogP contribution < -0.4 is 9.47 Å². The molecule has 0 spiro atoms. The topological polar surface area (TPSA) is 117 Å². The highest BCUT2D eigenvalue weighted by Crippen LogP contribution is 2.67. The van der Waals surface area contributed by atoms with Gasteiger partial charge in [-0.1, -0.05) is 122 Å². The lowest BCUT2D eigenvalue weighted by Crippen LogP contribution is -2.51. The summed E-state index contributed by atoms with van der Waals surface area (Å²) in [6.07, 6.45) is 30.5. The lowest BCUT2D eigenvalue weighted by Gasteiger charge is -2.58. The molecule has 1 aromatic heterocycles. The third-order valence-corrected chi connectivity index (χ3v) is 18.0. The summed E-state index contributed by atoms with van der Waals surface area (Å²) in [6, 6.07) is 22.1. The molecule has 8 rings (SSSR count). The molecule has 4 aliphatic carbocycles. The van der Waals surface area contributed by atoms with E-state index in [1.807, 2.05) is 59.4 Å². The summed E-state index contributed by atoms with van der Waals surface area (Å²) >= 11 is 0. The number of carbonyl (C=O) groups is 2. The van der Waals surface area contributed by atoms with Gasteiger partial charge in [0.25, 0.3) is 0 Å². The molecule has 0 aliphatic heterocycles. The fourth-order valence-electron chi connectivity index (χ4n) is 13.8. The number of ether oxygens (including phenoxy) is 3. The zero-order valence-corrected chi connectivity index (χ0v) is 45.4. The van der Waals surface area contributed by atoms with Crippen LogP contribution in [0.5, 0.6) is 11.5 Å². The summed E-state index contributed by atoms with van der Waals surface area (Å²) in [6.45, 7) is 16.0. The van der Waals surface area contributed by atoms with Crippen LogP contribution >= 0.6 is 0 Å². The monoisotopic (exact) mass is 994 g/mol. The van der Waals surface area contributed by atoms with E-state index in [0.717, 1.165) is 97.9 Å². The highest BCUT2D eigenvalue weighted by molar-refractivity contribution is 5.94. The molecule has 73 heavy (non-hydrogen) atoms. The standard InChI is InChI=1S/C63H87N5O5/c1-45(2)18-17-19-46(3)58-34-35-59-57-33-24-50-42-56(36-38-62(50,5)60(57)37-39-63(58,59)6)73-61(70)49-22-29-55(30-23-49)72-44-53-43-68(67-66-53)40-15-13-11-9-7-8-10-12-14-16-41-71-54-31-27-52(28-32-54)65-64-51-25-20-48(21-26-51)47(4)69/h20-32,43,45-46,56-60H,7-19,33-42,44H2,1-6H3/t46-,56?,57+,58-,59+,60+,62+,63-/m1/s1. The second-order valence-electron chi connectivity index (χ2n) is 23.5. The van der Waals surface area contributed by atoms with Crippen molar-refractivity contribution < 1.29 is 23.8 Å². The number of hydrogen-bond donors (Lipinski definition) is 0. The average Bonchev–Trinajstić information content (AvgIpc) is 4.00. The summed E-state index contributed by atoms with van der Waals surface area (Å²) in [5.41, 5.74) is 5.80. The zero-order valence-electron chi connectivity index (χ0n) is 45.4. The van der Waals surface area contributed by atoms with Crippen LogP contribution in [0.4, 0.5) is 11.4 Å². The number of aromatic nitrogens is 3. The Morgan fingerprint density at radius 2 is 1.33 bits per heavy atom. The molecule has 10 heteroatoms. The van der Waals surface area contributed by atoms with Gasteiger partial charge in [-0.15, -0.1) is 5.10 Å². The van der Waals surface area contributed by atoms with E-state index in [1.165, 1.54) is 103 Å². The predicted octanol–water partition coefficient (Wildman–Crippen LogP) is 17.0. The Morgan fingerprint density at radius 3 is 2.01 bits per heavy atom. The first-order valence-corrected chi connectivity index (χ1v) is 28.7. The van der Waals surface area contributed by atoms with Gasteiger partial charge < -0.3 is 14.2 Å². The molecular formula is C63H87N5O5. The first kappa shape index (κ1) is 54.2. The van der Waals surface area contributed by atoms with E-state index in [4.69, 9.17) is 14.2 Å². The number of azo groups is 1. The molecule has 3 aromatic carbocycles. The van der Waals surface area contributed by atoms with Crippen LogP contribution in [0.3, 0.4) is 0 Å². The molecule has 4 aliphatic rings. The van der Waals surface area contributed by atoms with Gasteiger partial charge in [0.1, 0.15) is 29.9 Å².